The minimum Gasteiger partial charge on any atom is -0.466 e. The van der Waals surface area contributed by atoms with Gasteiger partial charge >= 0.3 is 5.97 Å². The number of hydrogen-bond donors (Lipinski definition) is 1. The van der Waals surface area contributed by atoms with E-state index in [2.05, 4.69) is 0 Å². The van der Waals surface area contributed by atoms with E-state index >= 15 is 0 Å². The van der Waals surface area contributed by atoms with Crippen LogP contribution in [0.2, 0.25) is 0 Å². The monoisotopic (exact) mass is 223 g/mol. The summed E-state index contributed by atoms with van der Waals surface area (Å²) in [6, 6.07) is 4.09. The molecule has 0 fully saturated rings. The van der Waals surface area contributed by atoms with Crippen molar-refractivity contribution in [2.75, 3.05) is 12.3 Å². The smallest absolute Gasteiger partial charge is 0.309 e. The Morgan fingerprint density at radius 2 is 2.31 bits per heavy atom. The molecule has 2 N–H and O–H groups in total. The van der Waals surface area contributed by atoms with E-state index in [0.717, 1.165) is 0 Å². The summed E-state index contributed by atoms with van der Waals surface area (Å²) in [5.41, 5.74) is 6.66. The van der Waals surface area contributed by atoms with Crippen LogP contribution in [0.5, 0.6) is 0 Å². The Kier molecular flexibility index (Phi) is 4.51. The maximum absolute atomic E-state index is 12.9. The molecule has 0 aliphatic carbocycles. The van der Waals surface area contributed by atoms with Gasteiger partial charge in [0.25, 0.3) is 0 Å². The standard InChI is InChI=1S/C12H14FNO2/c1-2-16-12(15)5-3-4-9-8-10(13)6-7-11(9)14/h3-4,6-8H,2,5,14H2,1H3. The average molecular weight is 223 g/mol. The molecular formula is C12H14FNO2. The van der Waals surface area contributed by atoms with E-state index in [1.807, 2.05) is 0 Å². The number of anilines is 1. The number of nitrogen functional groups attached to an aromatic ring is 1. The Labute approximate surface area is 93.7 Å². The highest BCUT2D eigenvalue weighted by molar-refractivity contribution is 5.73. The van der Waals surface area contributed by atoms with Crippen molar-refractivity contribution in [3.63, 3.8) is 0 Å². The second-order valence-corrected chi connectivity index (χ2v) is 3.18. The minimum atomic E-state index is -0.356. The van der Waals surface area contributed by atoms with Gasteiger partial charge in [-0.2, -0.15) is 0 Å². The summed E-state index contributed by atoms with van der Waals surface area (Å²) in [5, 5.41) is 0. The van der Waals surface area contributed by atoms with E-state index in [4.69, 9.17) is 10.5 Å². The van der Waals surface area contributed by atoms with Crippen LogP contribution in [-0.2, 0) is 9.53 Å². The number of benzene rings is 1. The van der Waals surface area contributed by atoms with Gasteiger partial charge < -0.3 is 10.5 Å². The summed E-state index contributed by atoms with van der Waals surface area (Å²) < 4.78 is 17.6. The van der Waals surface area contributed by atoms with Gasteiger partial charge in [0.05, 0.1) is 13.0 Å². The molecule has 1 aromatic carbocycles. The molecule has 4 heteroatoms. The maximum Gasteiger partial charge on any atom is 0.309 e. The predicted octanol–water partition coefficient (Wildman–Crippen LogP) is 2.37. The van der Waals surface area contributed by atoms with E-state index in [1.165, 1.54) is 18.2 Å². The number of ether oxygens (including phenoxy) is 1. The average Bonchev–Trinajstić information content (AvgIpc) is 2.23. The minimum absolute atomic E-state index is 0.157. The van der Waals surface area contributed by atoms with Crippen LogP contribution in [0.1, 0.15) is 18.9 Å². The van der Waals surface area contributed by atoms with Gasteiger partial charge in [-0.05, 0) is 30.7 Å². The van der Waals surface area contributed by atoms with Crippen LogP contribution in [0.4, 0.5) is 10.1 Å². The molecule has 0 aromatic heterocycles. The molecule has 16 heavy (non-hydrogen) atoms. The zero-order valence-electron chi connectivity index (χ0n) is 9.07. The highest BCUT2D eigenvalue weighted by Gasteiger charge is 1.99. The number of esters is 1. The third-order valence-electron chi connectivity index (χ3n) is 1.94. The van der Waals surface area contributed by atoms with Gasteiger partial charge in [-0.1, -0.05) is 12.2 Å². The number of halogens is 1. The molecule has 0 heterocycles. The molecule has 0 amide bonds. The molecule has 0 radical (unpaired) electrons. The van der Waals surface area contributed by atoms with Gasteiger partial charge in [0, 0.05) is 5.69 Å². The molecule has 0 saturated heterocycles. The summed E-state index contributed by atoms with van der Waals surface area (Å²) in [4.78, 5) is 11.0. The number of carbonyl (C=O) groups excluding carboxylic acids is 1. The first-order valence-corrected chi connectivity index (χ1v) is 5.00. The van der Waals surface area contributed by atoms with Crippen LogP contribution in [0.15, 0.2) is 24.3 Å². The molecule has 0 atom stereocenters. The number of carbonyl (C=O) groups is 1. The van der Waals surface area contributed by atoms with E-state index in [1.54, 1.807) is 19.1 Å². The summed E-state index contributed by atoms with van der Waals surface area (Å²) in [5.74, 6) is -0.668. The zero-order valence-corrected chi connectivity index (χ0v) is 9.07. The van der Waals surface area contributed by atoms with Gasteiger partial charge in [-0.25, -0.2) is 4.39 Å². The Morgan fingerprint density at radius 3 is 3.00 bits per heavy atom. The lowest BCUT2D eigenvalue weighted by Gasteiger charge is -2.00. The van der Waals surface area contributed by atoms with Gasteiger partial charge in [0.2, 0.25) is 0 Å². The van der Waals surface area contributed by atoms with Crippen molar-refractivity contribution in [2.45, 2.75) is 13.3 Å². The summed E-state index contributed by atoms with van der Waals surface area (Å²) in [6.45, 7) is 2.10. The number of rotatable bonds is 4. The molecule has 0 saturated carbocycles. The first kappa shape index (κ1) is 12.2. The van der Waals surface area contributed by atoms with Crippen molar-refractivity contribution in [3.05, 3.63) is 35.7 Å². The fraction of sp³-hybridized carbons (Fsp3) is 0.250. The lowest BCUT2D eigenvalue weighted by molar-refractivity contribution is -0.142. The molecule has 3 nitrogen and oxygen atoms in total. The quantitative estimate of drug-likeness (QED) is 0.629. The first-order valence-electron chi connectivity index (χ1n) is 5.00. The van der Waals surface area contributed by atoms with Crippen LogP contribution in [0.25, 0.3) is 6.08 Å². The molecule has 0 spiro atoms. The Morgan fingerprint density at radius 1 is 1.56 bits per heavy atom. The van der Waals surface area contributed by atoms with Crippen LogP contribution in [0.3, 0.4) is 0 Å². The van der Waals surface area contributed by atoms with E-state index in [9.17, 15) is 9.18 Å². The van der Waals surface area contributed by atoms with Crippen LogP contribution < -0.4 is 5.73 Å². The predicted molar refractivity (Wildman–Crippen MR) is 61.1 cm³/mol. The first-order chi connectivity index (χ1) is 7.63. The van der Waals surface area contributed by atoms with Gasteiger partial charge in [-0.3, -0.25) is 4.79 Å². The van der Waals surface area contributed by atoms with Gasteiger partial charge in [0.1, 0.15) is 5.82 Å². The molecule has 0 bridgehead atoms. The summed E-state index contributed by atoms with van der Waals surface area (Å²) >= 11 is 0. The van der Waals surface area contributed by atoms with Crippen molar-refractivity contribution >= 4 is 17.7 Å². The van der Waals surface area contributed by atoms with Crippen molar-refractivity contribution in [1.29, 1.82) is 0 Å². The molecular weight excluding hydrogens is 209 g/mol. The van der Waals surface area contributed by atoms with Crippen molar-refractivity contribution in [1.82, 2.24) is 0 Å². The third-order valence-corrected chi connectivity index (χ3v) is 1.94. The Hall–Kier alpha value is -1.84. The van der Waals surface area contributed by atoms with Crippen molar-refractivity contribution in [2.24, 2.45) is 0 Å². The molecule has 0 aliphatic heterocycles. The summed E-state index contributed by atoms with van der Waals surface area (Å²) in [6.07, 6.45) is 3.36. The molecule has 0 aliphatic rings. The number of nitrogens with two attached hydrogens (primary N) is 1. The molecule has 86 valence electrons. The fourth-order valence-electron chi connectivity index (χ4n) is 1.19. The lowest BCUT2D eigenvalue weighted by Crippen LogP contribution is -2.01. The lowest BCUT2D eigenvalue weighted by atomic mass is 10.1. The second kappa shape index (κ2) is 5.90. The molecule has 1 rings (SSSR count). The zero-order chi connectivity index (χ0) is 12.0. The SMILES string of the molecule is CCOC(=O)CC=Cc1cc(F)ccc1N. The van der Waals surface area contributed by atoms with Crippen LogP contribution >= 0.6 is 0 Å². The van der Waals surface area contributed by atoms with E-state index in [0.29, 0.717) is 17.9 Å². The van der Waals surface area contributed by atoms with Gasteiger partial charge in [0.15, 0.2) is 0 Å². The fourth-order valence-corrected chi connectivity index (χ4v) is 1.19. The highest BCUT2D eigenvalue weighted by atomic mass is 19.1. The third kappa shape index (κ3) is 3.73. The van der Waals surface area contributed by atoms with Crippen LogP contribution in [0, 0.1) is 5.82 Å². The molecule has 0 unspecified atom stereocenters. The normalized spacial score (nSPS) is 10.6. The molecule has 1 aromatic rings. The van der Waals surface area contributed by atoms with Crippen molar-refractivity contribution < 1.29 is 13.9 Å². The topological polar surface area (TPSA) is 52.3 Å². The van der Waals surface area contributed by atoms with E-state index < -0.39 is 0 Å². The second-order valence-electron chi connectivity index (χ2n) is 3.18. The maximum atomic E-state index is 12.9. The largest absolute Gasteiger partial charge is 0.466 e. The summed E-state index contributed by atoms with van der Waals surface area (Å²) in [7, 11) is 0. The Bertz CT molecular complexity index is 402. The highest BCUT2D eigenvalue weighted by Crippen LogP contribution is 2.15. The van der Waals surface area contributed by atoms with Crippen LogP contribution in [-0.4, -0.2) is 12.6 Å². The van der Waals surface area contributed by atoms with Gasteiger partial charge in [-0.15, -0.1) is 0 Å². The van der Waals surface area contributed by atoms with E-state index in [-0.39, 0.29) is 18.2 Å². The van der Waals surface area contributed by atoms with Crippen molar-refractivity contribution in [3.8, 4) is 0 Å². The Balaban J connectivity index is 2.62. The number of hydrogen-bond acceptors (Lipinski definition) is 3.